The zero-order chi connectivity index (χ0) is 6.98. The van der Waals surface area contributed by atoms with Crippen molar-refractivity contribution in [3.05, 3.63) is 0 Å². The average molecular weight is 154 g/mol. The van der Waals surface area contributed by atoms with Gasteiger partial charge in [-0.1, -0.05) is 13.8 Å². The summed E-state index contributed by atoms with van der Waals surface area (Å²) in [5, 5.41) is 0.833. The molecular formula is C9H15P. The van der Waals surface area contributed by atoms with E-state index in [1.54, 1.807) is 19.0 Å². The van der Waals surface area contributed by atoms with Gasteiger partial charge in [0.25, 0.3) is 0 Å². The Kier molecular flexibility index (Phi) is 0.800. The zero-order valence-corrected chi connectivity index (χ0v) is 7.78. The van der Waals surface area contributed by atoms with Crippen molar-refractivity contribution in [2.24, 2.45) is 17.3 Å². The van der Waals surface area contributed by atoms with Crippen molar-refractivity contribution in [3.63, 3.8) is 0 Å². The van der Waals surface area contributed by atoms with E-state index in [0.29, 0.717) is 0 Å². The van der Waals surface area contributed by atoms with Crippen LogP contribution < -0.4 is 0 Å². The fourth-order valence-electron chi connectivity index (χ4n) is 3.76. The smallest absolute Gasteiger partial charge is 0.0113 e. The third kappa shape index (κ3) is 0.393. The molecule has 1 heteroatoms. The highest BCUT2D eigenvalue weighted by atomic mass is 31.1. The van der Waals surface area contributed by atoms with Gasteiger partial charge in [0.15, 0.2) is 0 Å². The normalized spacial score (nSPS) is 72.6. The molecule has 0 aromatic heterocycles. The monoisotopic (exact) mass is 154 g/mol. The van der Waals surface area contributed by atoms with Crippen molar-refractivity contribution in [1.29, 1.82) is 0 Å². The number of hydrogen-bond donors (Lipinski definition) is 0. The van der Waals surface area contributed by atoms with Gasteiger partial charge in [0.1, 0.15) is 0 Å². The van der Waals surface area contributed by atoms with Gasteiger partial charge in [-0.15, -0.1) is 8.58 Å². The molecule has 4 aliphatic rings. The highest BCUT2D eigenvalue weighted by molar-refractivity contribution is 7.40. The maximum absolute atomic E-state index is 2.54. The maximum atomic E-state index is 2.54. The van der Waals surface area contributed by atoms with Gasteiger partial charge in [-0.05, 0) is 41.4 Å². The van der Waals surface area contributed by atoms with Crippen LogP contribution >= 0.6 is 8.58 Å². The molecule has 10 heavy (non-hydrogen) atoms. The largest absolute Gasteiger partial charge is 0.115 e. The van der Waals surface area contributed by atoms with Crippen LogP contribution in [0, 0.1) is 17.3 Å². The van der Waals surface area contributed by atoms with Crippen LogP contribution in [-0.2, 0) is 0 Å². The molecule has 3 saturated carbocycles. The van der Waals surface area contributed by atoms with Gasteiger partial charge in [0.2, 0.25) is 0 Å². The Hall–Kier alpha value is 0.430. The fraction of sp³-hybridized carbons (Fsp3) is 1.00. The van der Waals surface area contributed by atoms with Gasteiger partial charge in [0.05, 0.1) is 0 Å². The molecule has 56 valence electrons. The summed E-state index contributed by atoms with van der Waals surface area (Å²) in [6, 6.07) is 0. The molecule has 3 aliphatic carbocycles. The van der Waals surface area contributed by atoms with E-state index in [-0.39, 0.29) is 0 Å². The summed E-state index contributed by atoms with van der Waals surface area (Å²) < 4.78 is 0. The topological polar surface area (TPSA) is 0 Å². The first-order valence-electron chi connectivity index (χ1n) is 4.40. The molecule has 0 aromatic rings. The summed E-state index contributed by atoms with van der Waals surface area (Å²) in [5.74, 6) is 2.28. The van der Waals surface area contributed by atoms with Crippen LogP contribution in [0.4, 0.5) is 0 Å². The van der Waals surface area contributed by atoms with E-state index in [2.05, 4.69) is 13.8 Å². The fourth-order valence-corrected chi connectivity index (χ4v) is 6.17. The van der Waals surface area contributed by atoms with Crippen molar-refractivity contribution in [2.75, 3.05) is 6.16 Å². The lowest BCUT2D eigenvalue weighted by atomic mass is 9.60. The standard InChI is InChI=1S/C9H15P/c1-8-5-10-9(2)4-6(8)3-7(8)9/h6-7,10H,3-5H2,1-2H3/t6?,7?,8-,9?/m1/s1. The quantitative estimate of drug-likeness (QED) is 0.470. The molecule has 4 bridgehead atoms. The van der Waals surface area contributed by atoms with Gasteiger partial charge < -0.3 is 0 Å². The lowest BCUT2D eigenvalue weighted by Crippen LogP contribution is -2.40. The van der Waals surface area contributed by atoms with Crippen molar-refractivity contribution in [1.82, 2.24) is 0 Å². The van der Waals surface area contributed by atoms with Crippen LogP contribution in [0.1, 0.15) is 26.7 Å². The van der Waals surface area contributed by atoms with E-state index in [4.69, 9.17) is 0 Å². The van der Waals surface area contributed by atoms with Crippen LogP contribution in [0.2, 0.25) is 0 Å². The molecule has 0 radical (unpaired) electrons. The Morgan fingerprint density at radius 2 is 2.20 bits per heavy atom. The van der Waals surface area contributed by atoms with E-state index < -0.39 is 0 Å². The molecule has 5 atom stereocenters. The van der Waals surface area contributed by atoms with E-state index in [0.717, 1.165) is 22.4 Å². The first-order valence-corrected chi connectivity index (χ1v) is 5.61. The number of hydrogen-bond acceptors (Lipinski definition) is 0. The number of rotatable bonds is 0. The minimum atomic E-state index is 0.833. The second-order valence-electron chi connectivity index (χ2n) is 4.97. The first-order chi connectivity index (χ1) is 4.65. The Labute approximate surface area is 64.6 Å². The van der Waals surface area contributed by atoms with Gasteiger partial charge in [-0.2, -0.15) is 0 Å². The summed E-state index contributed by atoms with van der Waals surface area (Å²) in [5.41, 5.74) is 0.840. The molecule has 0 amide bonds. The van der Waals surface area contributed by atoms with Crippen molar-refractivity contribution in [2.45, 2.75) is 31.8 Å². The predicted octanol–water partition coefficient (Wildman–Crippen LogP) is 2.48. The average Bonchev–Trinajstić information content (AvgIpc) is 2.37. The molecule has 1 heterocycles. The van der Waals surface area contributed by atoms with Gasteiger partial charge in [-0.25, -0.2) is 0 Å². The Morgan fingerprint density at radius 1 is 1.40 bits per heavy atom. The van der Waals surface area contributed by atoms with E-state index >= 15 is 0 Å². The van der Waals surface area contributed by atoms with Crippen LogP contribution in [0.15, 0.2) is 0 Å². The highest BCUT2D eigenvalue weighted by Crippen LogP contribution is 2.78. The summed E-state index contributed by atoms with van der Waals surface area (Å²) >= 11 is 0. The molecule has 4 unspecified atom stereocenters. The van der Waals surface area contributed by atoms with E-state index in [9.17, 15) is 0 Å². The van der Waals surface area contributed by atoms with Crippen LogP contribution in [-0.4, -0.2) is 11.3 Å². The van der Waals surface area contributed by atoms with Crippen molar-refractivity contribution < 1.29 is 0 Å². The third-order valence-electron chi connectivity index (χ3n) is 4.56. The Bertz CT molecular complexity index is 191. The third-order valence-corrected chi connectivity index (χ3v) is 6.86. The van der Waals surface area contributed by atoms with Gasteiger partial charge in [0, 0.05) is 0 Å². The Morgan fingerprint density at radius 3 is 2.50 bits per heavy atom. The SMILES string of the molecule is CC12CC3CC1[C@]3(C)CP2. The lowest BCUT2D eigenvalue weighted by Gasteiger charge is -2.44. The molecule has 0 N–H and O–H groups in total. The van der Waals surface area contributed by atoms with Gasteiger partial charge >= 0.3 is 0 Å². The molecule has 1 saturated heterocycles. The van der Waals surface area contributed by atoms with E-state index in [1.807, 2.05) is 0 Å². The molecule has 1 aliphatic heterocycles. The maximum Gasteiger partial charge on any atom is -0.0113 e. The van der Waals surface area contributed by atoms with Gasteiger partial charge in [-0.3, -0.25) is 0 Å². The zero-order valence-electron chi connectivity index (χ0n) is 6.78. The second kappa shape index (κ2) is 1.33. The van der Waals surface area contributed by atoms with Crippen LogP contribution in [0.25, 0.3) is 0 Å². The summed E-state index contributed by atoms with van der Waals surface area (Å²) in [4.78, 5) is 0. The predicted molar refractivity (Wildman–Crippen MR) is 45.9 cm³/mol. The molecular weight excluding hydrogens is 139 g/mol. The van der Waals surface area contributed by atoms with E-state index in [1.165, 1.54) is 8.58 Å². The molecule has 0 spiro atoms. The molecule has 4 rings (SSSR count). The summed E-state index contributed by atoms with van der Waals surface area (Å²) in [6.07, 6.45) is 4.73. The first kappa shape index (κ1) is 6.00. The second-order valence-corrected chi connectivity index (χ2v) is 6.82. The highest BCUT2D eigenvalue weighted by Gasteiger charge is 2.69. The minimum absolute atomic E-state index is 0.833. The summed E-state index contributed by atoms with van der Waals surface area (Å²) in [6.45, 7) is 5.07. The molecule has 4 fully saturated rings. The molecule has 0 aromatic carbocycles. The Balaban J connectivity index is 2.11. The molecule has 0 nitrogen and oxygen atoms in total. The van der Waals surface area contributed by atoms with Crippen LogP contribution in [0.3, 0.4) is 0 Å². The summed E-state index contributed by atoms with van der Waals surface area (Å²) in [7, 11) is 1.30. The van der Waals surface area contributed by atoms with Crippen LogP contribution in [0.5, 0.6) is 0 Å². The minimum Gasteiger partial charge on any atom is -0.115 e. The lowest BCUT2D eigenvalue weighted by molar-refractivity contribution is 0.0605. The van der Waals surface area contributed by atoms with Crippen molar-refractivity contribution >= 4 is 8.58 Å². The van der Waals surface area contributed by atoms with Crippen molar-refractivity contribution in [3.8, 4) is 0 Å².